The molecule has 4 nitrogen and oxygen atoms in total. The predicted octanol–water partition coefficient (Wildman–Crippen LogP) is 14.1. The molecule has 0 rings (SSSR count). The average Bonchev–Trinajstić information content (AvgIpc) is 3.05. The van der Waals surface area contributed by atoms with Crippen molar-refractivity contribution in [3.63, 3.8) is 0 Å². The molecule has 0 N–H and O–H groups in total. The van der Waals surface area contributed by atoms with Crippen LogP contribution in [0, 0.1) is 0 Å². The summed E-state index contributed by atoms with van der Waals surface area (Å²) in [5.74, 6) is 0. The number of unbranched alkanes of at least 4 members (excludes halogenated alkanes) is 21. The van der Waals surface area contributed by atoms with Gasteiger partial charge in [0.2, 0.25) is 0 Å². The van der Waals surface area contributed by atoms with Crippen LogP contribution in [-0.4, -0.2) is 58.6 Å². The van der Waals surface area contributed by atoms with Crippen LogP contribution < -0.4 is 0 Å². The summed E-state index contributed by atoms with van der Waals surface area (Å²) in [6, 6.07) is 0. The van der Waals surface area contributed by atoms with Gasteiger partial charge in [0.1, 0.15) is 0 Å². The Morgan fingerprint density at radius 3 is 0.956 bits per heavy atom. The second-order valence-electron chi connectivity index (χ2n) is 13.9. The van der Waals surface area contributed by atoms with E-state index in [4.69, 9.17) is 10.6 Å². The van der Waals surface area contributed by atoms with Crippen molar-refractivity contribution >= 4 is 38.8 Å². The fourth-order valence-electron chi connectivity index (χ4n) is 6.22. The first-order valence-electron chi connectivity index (χ1n) is 20.7. The van der Waals surface area contributed by atoms with Gasteiger partial charge in [-0.25, -0.2) is 0 Å². The molecule has 0 aliphatic carbocycles. The van der Waals surface area contributed by atoms with Crippen LogP contribution in [-0.2, 0) is 10.6 Å². The Balaban J connectivity index is 6.17. The fourth-order valence-corrected chi connectivity index (χ4v) is 42.4. The molecule has 0 atom stereocenters. The Bertz CT molecular complexity index is 549. The van der Waals surface area contributed by atoms with E-state index in [0.29, 0.717) is 0 Å². The molecular formula is C39H84O4Sn2. The third kappa shape index (κ3) is 27.9. The van der Waals surface area contributed by atoms with Gasteiger partial charge in [-0.05, 0) is 0 Å². The second-order valence-corrected chi connectivity index (χ2v) is 34.3. The van der Waals surface area contributed by atoms with Gasteiger partial charge in [0.05, 0.1) is 0 Å². The van der Waals surface area contributed by atoms with Crippen molar-refractivity contribution in [3.8, 4) is 0 Å². The van der Waals surface area contributed by atoms with Crippen LogP contribution in [0.1, 0.15) is 215 Å². The molecule has 0 aliphatic rings. The monoisotopic (exact) mass is 856 g/mol. The summed E-state index contributed by atoms with van der Waals surface area (Å²) in [5, 5.41) is 0. The SMILES string of the molecule is CCCCCCC[CH2][Sn]([CH2]CCCCCCC)([O]CCCCC)[O][Sn]([CH2]CCCCCCC)([O]CCCCC)[O]CCCCC. The summed E-state index contributed by atoms with van der Waals surface area (Å²) >= 11 is -7.35. The van der Waals surface area contributed by atoms with Crippen LogP contribution in [0.3, 0.4) is 0 Å². The van der Waals surface area contributed by atoms with E-state index in [1.165, 1.54) is 169 Å². The quantitative estimate of drug-likeness (QED) is 0.0458. The van der Waals surface area contributed by atoms with Crippen LogP contribution in [0.25, 0.3) is 0 Å². The van der Waals surface area contributed by atoms with Crippen molar-refractivity contribution in [3.05, 3.63) is 0 Å². The van der Waals surface area contributed by atoms with Crippen LogP contribution >= 0.6 is 0 Å². The molecular weight excluding hydrogens is 770 g/mol. The van der Waals surface area contributed by atoms with Gasteiger partial charge in [-0.15, -0.1) is 0 Å². The molecule has 0 aliphatic heterocycles. The van der Waals surface area contributed by atoms with Crippen LogP contribution in [0.4, 0.5) is 0 Å². The minimum atomic E-state index is -3.86. The van der Waals surface area contributed by atoms with Crippen molar-refractivity contribution < 1.29 is 10.6 Å². The number of hydrogen-bond donors (Lipinski definition) is 0. The molecule has 0 amide bonds. The van der Waals surface area contributed by atoms with Crippen molar-refractivity contribution in [1.29, 1.82) is 0 Å². The number of rotatable bonds is 38. The van der Waals surface area contributed by atoms with E-state index >= 15 is 0 Å². The second kappa shape index (κ2) is 35.3. The Morgan fingerprint density at radius 1 is 0.289 bits per heavy atom. The first kappa shape index (κ1) is 46.4. The van der Waals surface area contributed by atoms with E-state index in [-0.39, 0.29) is 0 Å². The zero-order chi connectivity index (χ0) is 33.2. The van der Waals surface area contributed by atoms with E-state index in [1.807, 2.05) is 0 Å². The summed E-state index contributed by atoms with van der Waals surface area (Å²) in [6.45, 7) is 16.3. The molecule has 0 radical (unpaired) electrons. The molecule has 0 heterocycles. The average molecular weight is 855 g/mol. The predicted molar refractivity (Wildman–Crippen MR) is 204 cm³/mol. The summed E-state index contributed by atoms with van der Waals surface area (Å²) in [5.41, 5.74) is 0. The third-order valence-corrected chi connectivity index (χ3v) is 39.2. The van der Waals surface area contributed by atoms with Crippen LogP contribution in [0.2, 0.25) is 13.3 Å². The standard InChI is InChI=1S/3C8H17.3C5H11O.O.2Sn/c3*1-3-5-7-8-6-4-2;3*1-2-3-4-5-6;;;/h3*1,3-8H2,2H3;3*2-5H2,1H3;;;/q;;;3*-1;;+1;+2. The molecule has 0 bridgehead atoms. The molecule has 272 valence electrons. The zero-order valence-electron chi connectivity index (χ0n) is 32.0. The first-order chi connectivity index (χ1) is 22.1. The van der Waals surface area contributed by atoms with E-state index < -0.39 is 38.8 Å². The molecule has 0 unspecified atom stereocenters. The van der Waals surface area contributed by atoms with E-state index in [1.54, 1.807) is 0 Å². The molecule has 0 aromatic heterocycles. The van der Waals surface area contributed by atoms with Gasteiger partial charge in [0.15, 0.2) is 0 Å². The van der Waals surface area contributed by atoms with Gasteiger partial charge in [-0.3, -0.25) is 0 Å². The van der Waals surface area contributed by atoms with E-state index in [9.17, 15) is 0 Å². The Kier molecular flexibility index (Phi) is 36.4. The Hall–Kier alpha value is 1.44. The molecule has 0 spiro atoms. The molecule has 0 saturated heterocycles. The molecule has 6 heteroatoms. The van der Waals surface area contributed by atoms with E-state index in [2.05, 4.69) is 41.5 Å². The van der Waals surface area contributed by atoms with Gasteiger partial charge in [0.25, 0.3) is 0 Å². The Labute approximate surface area is 295 Å². The normalized spacial score (nSPS) is 12.4. The topological polar surface area (TPSA) is 36.9 Å². The van der Waals surface area contributed by atoms with Gasteiger partial charge < -0.3 is 0 Å². The maximum absolute atomic E-state index is 7.80. The van der Waals surface area contributed by atoms with Crippen molar-refractivity contribution in [2.24, 2.45) is 0 Å². The third-order valence-electron chi connectivity index (χ3n) is 9.25. The molecule has 0 aromatic carbocycles. The molecule has 0 aromatic rings. The van der Waals surface area contributed by atoms with Gasteiger partial charge in [-0.2, -0.15) is 0 Å². The van der Waals surface area contributed by atoms with Crippen molar-refractivity contribution in [1.82, 2.24) is 0 Å². The fraction of sp³-hybridized carbons (Fsp3) is 1.00. The maximum atomic E-state index is 7.80. The van der Waals surface area contributed by atoms with Crippen LogP contribution in [0.5, 0.6) is 0 Å². The Morgan fingerprint density at radius 2 is 0.578 bits per heavy atom. The number of hydrogen-bond acceptors (Lipinski definition) is 4. The first-order valence-corrected chi connectivity index (χ1v) is 32.6. The molecule has 45 heavy (non-hydrogen) atoms. The zero-order valence-corrected chi connectivity index (χ0v) is 37.7. The van der Waals surface area contributed by atoms with Crippen LogP contribution in [0.15, 0.2) is 0 Å². The summed E-state index contributed by atoms with van der Waals surface area (Å²) in [4.78, 5) is 0. The summed E-state index contributed by atoms with van der Waals surface area (Å²) < 4.78 is 32.7. The van der Waals surface area contributed by atoms with Crippen molar-refractivity contribution in [2.45, 2.75) is 228 Å². The van der Waals surface area contributed by atoms with Crippen molar-refractivity contribution in [2.75, 3.05) is 19.8 Å². The van der Waals surface area contributed by atoms with Gasteiger partial charge >= 0.3 is 297 Å². The molecule has 0 fully saturated rings. The molecule has 0 saturated carbocycles. The van der Waals surface area contributed by atoms with Gasteiger partial charge in [-0.1, -0.05) is 0 Å². The van der Waals surface area contributed by atoms with E-state index in [0.717, 1.165) is 37.1 Å². The summed E-state index contributed by atoms with van der Waals surface area (Å²) in [7, 11) is 0. The van der Waals surface area contributed by atoms with Gasteiger partial charge in [0, 0.05) is 0 Å². The summed E-state index contributed by atoms with van der Waals surface area (Å²) in [6.07, 6.45) is 34.7. The minimum absolute atomic E-state index is 0.819.